The zero-order valence-corrected chi connectivity index (χ0v) is 14.3. The van der Waals surface area contributed by atoms with Crippen LogP contribution in [0.15, 0.2) is 35.5 Å². The lowest BCUT2D eigenvalue weighted by Crippen LogP contribution is -2.41. The van der Waals surface area contributed by atoms with Gasteiger partial charge in [0.05, 0.1) is 17.7 Å². The van der Waals surface area contributed by atoms with Crippen LogP contribution < -0.4 is 15.4 Å². The fourth-order valence-corrected chi connectivity index (χ4v) is 3.44. The van der Waals surface area contributed by atoms with Gasteiger partial charge in [-0.15, -0.1) is 11.3 Å². The molecule has 0 bridgehead atoms. The second kappa shape index (κ2) is 7.46. The zero-order valence-electron chi connectivity index (χ0n) is 13.5. The van der Waals surface area contributed by atoms with Gasteiger partial charge >= 0.3 is 0 Å². The van der Waals surface area contributed by atoms with E-state index in [0.29, 0.717) is 0 Å². The lowest BCUT2D eigenvalue weighted by atomic mass is 10.0. The van der Waals surface area contributed by atoms with Crippen molar-refractivity contribution in [2.45, 2.75) is 25.8 Å². The van der Waals surface area contributed by atoms with E-state index in [0.717, 1.165) is 42.7 Å². The second-order valence-corrected chi connectivity index (χ2v) is 6.80. The van der Waals surface area contributed by atoms with E-state index in [1.807, 2.05) is 24.4 Å². The number of thiazole rings is 1. The molecule has 0 amide bonds. The summed E-state index contributed by atoms with van der Waals surface area (Å²) in [6.45, 7) is 3.62. The monoisotopic (exact) mass is 330 g/mol. The first kappa shape index (κ1) is 15.8. The molecule has 0 radical (unpaired) electrons. The second-order valence-electron chi connectivity index (χ2n) is 5.49. The van der Waals surface area contributed by atoms with E-state index in [2.05, 4.69) is 33.6 Å². The van der Waals surface area contributed by atoms with Gasteiger partial charge in [-0.1, -0.05) is 18.2 Å². The Labute approximate surface area is 140 Å². The largest absolute Gasteiger partial charge is 0.493 e. The Hall–Kier alpha value is -2.08. The quantitative estimate of drug-likeness (QED) is 0.668. The lowest BCUT2D eigenvalue weighted by Gasteiger charge is -2.28. The van der Waals surface area contributed by atoms with E-state index in [9.17, 15) is 0 Å². The summed E-state index contributed by atoms with van der Waals surface area (Å²) in [6, 6.07) is 8.41. The maximum atomic E-state index is 5.70. The third kappa shape index (κ3) is 4.01. The molecule has 1 aliphatic rings. The van der Waals surface area contributed by atoms with Gasteiger partial charge in [-0.05, 0) is 13.0 Å². The van der Waals surface area contributed by atoms with Gasteiger partial charge in [0.15, 0.2) is 5.96 Å². The first-order valence-electron chi connectivity index (χ1n) is 7.86. The normalized spacial score (nSPS) is 17.3. The molecule has 0 saturated carbocycles. The van der Waals surface area contributed by atoms with Crippen LogP contribution in [0.2, 0.25) is 0 Å². The minimum Gasteiger partial charge on any atom is -0.493 e. The molecule has 1 aliphatic heterocycles. The van der Waals surface area contributed by atoms with Crippen molar-refractivity contribution in [1.29, 1.82) is 0 Å². The summed E-state index contributed by atoms with van der Waals surface area (Å²) in [7, 11) is 1.80. The SMILES string of the molecule is CN=C(NCCc1ncc(C)s1)NC1CCOc2ccccc21. The first-order chi connectivity index (χ1) is 11.3. The minimum atomic E-state index is 0.230. The van der Waals surface area contributed by atoms with E-state index in [-0.39, 0.29) is 6.04 Å². The highest BCUT2D eigenvalue weighted by molar-refractivity contribution is 7.11. The number of aryl methyl sites for hydroxylation is 1. The van der Waals surface area contributed by atoms with Crippen molar-refractivity contribution in [3.05, 3.63) is 45.9 Å². The predicted octanol–water partition coefficient (Wildman–Crippen LogP) is 2.68. The highest BCUT2D eigenvalue weighted by Crippen LogP contribution is 2.31. The molecule has 23 heavy (non-hydrogen) atoms. The van der Waals surface area contributed by atoms with Crippen LogP contribution in [0, 0.1) is 6.92 Å². The van der Waals surface area contributed by atoms with Crippen LogP contribution in [0.1, 0.15) is 27.9 Å². The smallest absolute Gasteiger partial charge is 0.191 e. The van der Waals surface area contributed by atoms with E-state index in [1.165, 1.54) is 10.4 Å². The van der Waals surface area contributed by atoms with Gasteiger partial charge in [-0.2, -0.15) is 0 Å². The van der Waals surface area contributed by atoms with Crippen molar-refractivity contribution in [2.75, 3.05) is 20.2 Å². The number of rotatable bonds is 4. The maximum Gasteiger partial charge on any atom is 0.191 e. The van der Waals surface area contributed by atoms with E-state index in [1.54, 1.807) is 18.4 Å². The molecular weight excluding hydrogens is 308 g/mol. The average Bonchev–Trinajstić information content (AvgIpc) is 2.99. The summed E-state index contributed by atoms with van der Waals surface area (Å²) in [4.78, 5) is 9.96. The molecule has 2 N–H and O–H groups in total. The van der Waals surface area contributed by atoms with Crippen LogP contribution in [0.25, 0.3) is 0 Å². The fraction of sp³-hybridized carbons (Fsp3) is 0.412. The van der Waals surface area contributed by atoms with Crippen molar-refractivity contribution in [3.63, 3.8) is 0 Å². The van der Waals surface area contributed by atoms with E-state index in [4.69, 9.17) is 4.74 Å². The van der Waals surface area contributed by atoms with Gasteiger partial charge in [0.1, 0.15) is 5.75 Å². The Kier molecular flexibility index (Phi) is 5.12. The molecule has 0 fully saturated rings. The number of benzene rings is 1. The topological polar surface area (TPSA) is 58.5 Å². The highest BCUT2D eigenvalue weighted by Gasteiger charge is 2.21. The van der Waals surface area contributed by atoms with Crippen molar-refractivity contribution >= 4 is 17.3 Å². The van der Waals surface area contributed by atoms with Crippen LogP contribution in [0.4, 0.5) is 0 Å². The van der Waals surface area contributed by atoms with Gasteiger partial charge in [-0.3, -0.25) is 4.99 Å². The highest BCUT2D eigenvalue weighted by atomic mass is 32.1. The van der Waals surface area contributed by atoms with Crippen molar-refractivity contribution in [3.8, 4) is 5.75 Å². The maximum absolute atomic E-state index is 5.70. The van der Waals surface area contributed by atoms with Gasteiger partial charge in [-0.25, -0.2) is 4.98 Å². The van der Waals surface area contributed by atoms with E-state index >= 15 is 0 Å². The fourth-order valence-electron chi connectivity index (χ4n) is 2.66. The third-order valence-corrected chi connectivity index (χ3v) is 4.77. The van der Waals surface area contributed by atoms with Crippen molar-refractivity contribution in [2.24, 2.45) is 4.99 Å². The standard InChI is InChI=1S/C17H22N4OS/c1-12-11-20-16(23-12)7-9-19-17(18-2)21-14-8-10-22-15-6-4-3-5-13(14)15/h3-6,11,14H,7-10H2,1-2H3,(H2,18,19,21). The molecule has 5 nitrogen and oxygen atoms in total. The summed E-state index contributed by atoms with van der Waals surface area (Å²) < 4.78 is 5.70. The number of para-hydroxylation sites is 1. The van der Waals surface area contributed by atoms with Crippen molar-refractivity contribution in [1.82, 2.24) is 15.6 Å². The Morgan fingerprint density at radius 1 is 1.43 bits per heavy atom. The molecule has 2 heterocycles. The van der Waals surface area contributed by atoms with Gasteiger partial charge in [0, 0.05) is 43.1 Å². The molecule has 6 heteroatoms. The zero-order chi connectivity index (χ0) is 16.1. The van der Waals surface area contributed by atoms with Crippen LogP contribution >= 0.6 is 11.3 Å². The van der Waals surface area contributed by atoms with Gasteiger partial charge in [0.25, 0.3) is 0 Å². The molecule has 1 aromatic heterocycles. The summed E-state index contributed by atoms with van der Waals surface area (Å²) in [5, 5.41) is 8.02. The van der Waals surface area contributed by atoms with Crippen molar-refractivity contribution < 1.29 is 4.74 Å². The number of aromatic nitrogens is 1. The number of guanidine groups is 1. The third-order valence-electron chi connectivity index (χ3n) is 3.79. The predicted molar refractivity (Wildman–Crippen MR) is 94.3 cm³/mol. The average molecular weight is 330 g/mol. The van der Waals surface area contributed by atoms with E-state index < -0.39 is 0 Å². The molecule has 3 rings (SSSR count). The Morgan fingerprint density at radius 2 is 2.30 bits per heavy atom. The Balaban J connectivity index is 1.56. The molecule has 1 aromatic carbocycles. The molecule has 2 aromatic rings. The molecule has 1 unspecified atom stereocenters. The van der Waals surface area contributed by atoms with Crippen LogP contribution in [0.3, 0.4) is 0 Å². The molecule has 122 valence electrons. The number of aliphatic imine (C=N–C) groups is 1. The lowest BCUT2D eigenvalue weighted by molar-refractivity contribution is 0.261. The Bertz CT molecular complexity index is 683. The molecule has 1 atom stereocenters. The van der Waals surface area contributed by atoms with Crippen LogP contribution in [-0.2, 0) is 6.42 Å². The number of fused-ring (bicyclic) bond motifs is 1. The number of ether oxygens (including phenoxy) is 1. The van der Waals surface area contributed by atoms with Gasteiger partial charge < -0.3 is 15.4 Å². The molecule has 0 saturated heterocycles. The first-order valence-corrected chi connectivity index (χ1v) is 8.68. The molecular formula is C17H22N4OS. The molecule has 0 spiro atoms. The number of hydrogen-bond donors (Lipinski definition) is 2. The number of hydrogen-bond acceptors (Lipinski definition) is 4. The van der Waals surface area contributed by atoms with Crippen LogP contribution in [-0.4, -0.2) is 31.1 Å². The number of nitrogens with zero attached hydrogens (tertiary/aromatic N) is 2. The summed E-state index contributed by atoms with van der Waals surface area (Å²) in [6.07, 6.45) is 3.76. The summed E-state index contributed by atoms with van der Waals surface area (Å²) >= 11 is 1.75. The summed E-state index contributed by atoms with van der Waals surface area (Å²) in [5.41, 5.74) is 1.19. The Morgan fingerprint density at radius 3 is 3.09 bits per heavy atom. The van der Waals surface area contributed by atoms with Crippen LogP contribution in [0.5, 0.6) is 5.75 Å². The number of nitrogens with one attached hydrogen (secondary N) is 2. The minimum absolute atomic E-state index is 0.230. The van der Waals surface area contributed by atoms with Gasteiger partial charge in [0.2, 0.25) is 0 Å². The summed E-state index contributed by atoms with van der Waals surface area (Å²) in [5.74, 6) is 1.78. The molecule has 0 aliphatic carbocycles.